The van der Waals surface area contributed by atoms with Crippen LogP contribution >= 0.6 is 0 Å². The number of carboxylic acids is 2. The number of carbonyl (C=O) groups is 2. The highest BCUT2D eigenvalue weighted by Crippen LogP contribution is 2.06. The first-order chi connectivity index (χ1) is 6.45. The Balaban J connectivity index is 3.78. The molecule has 0 heterocycles. The normalized spacial score (nSPS) is 12.0. The lowest BCUT2D eigenvalue weighted by atomic mass is 10.1. The lowest BCUT2D eigenvalue weighted by molar-refractivity contribution is -0.511. The van der Waals surface area contributed by atoms with Crippen LogP contribution in [0.25, 0.3) is 0 Å². The van der Waals surface area contributed by atoms with E-state index in [1.165, 1.54) is 0 Å². The van der Waals surface area contributed by atoms with Gasteiger partial charge < -0.3 is 10.2 Å². The zero-order valence-electron chi connectivity index (χ0n) is 7.38. The molecule has 1 atom stereocenters. The Labute approximate surface area is 79.5 Å². The van der Waals surface area contributed by atoms with E-state index in [0.717, 1.165) is 0 Å². The van der Waals surface area contributed by atoms with Crippen molar-refractivity contribution in [3.63, 3.8) is 0 Å². The molecule has 7 nitrogen and oxygen atoms in total. The van der Waals surface area contributed by atoms with E-state index in [1.54, 1.807) is 0 Å². The Kier molecular flexibility index (Phi) is 5.20. The van der Waals surface area contributed by atoms with Crippen LogP contribution in [0.15, 0.2) is 0 Å². The molecule has 0 rings (SSSR count). The number of carboxylic acid groups (broad SMARTS) is 2. The molecule has 0 saturated heterocycles. The first-order valence-electron chi connectivity index (χ1n) is 4.03. The molecule has 80 valence electrons. The average molecular weight is 205 g/mol. The molecule has 0 fully saturated rings. The molecular formula is C7H11NO6. The van der Waals surface area contributed by atoms with E-state index in [0.29, 0.717) is 0 Å². The van der Waals surface area contributed by atoms with Gasteiger partial charge in [0.25, 0.3) is 0 Å². The number of nitro groups is 1. The quantitative estimate of drug-likeness (QED) is 0.352. The Morgan fingerprint density at radius 2 is 1.86 bits per heavy atom. The zero-order valence-corrected chi connectivity index (χ0v) is 7.38. The summed E-state index contributed by atoms with van der Waals surface area (Å²) in [7, 11) is 0. The van der Waals surface area contributed by atoms with Gasteiger partial charge in [0.05, 0.1) is 0 Å². The molecule has 0 bridgehead atoms. The van der Waals surface area contributed by atoms with E-state index in [2.05, 4.69) is 0 Å². The second-order valence-electron chi connectivity index (χ2n) is 2.78. The molecule has 0 aromatic rings. The van der Waals surface area contributed by atoms with Gasteiger partial charge in [0.2, 0.25) is 0 Å². The maximum atomic E-state index is 10.3. The molecule has 0 aromatic heterocycles. The summed E-state index contributed by atoms with van der Waals surface area (Å²) in [5.41, 5.74) is 0. The van der Waals surface area contributed by atoms with Crippen LogP contribution in [0.3, 0.4) is 0 Å². The van der Waals surface area contributed by atoms with Crippen LogP contribution in [-0.4, -0.2) is 33.1 Å². The smallest absolute Gasteiger partial charge is 0.379 e. The summed E-state index contributed by atoms with van der Waals surface area (Å²) in [5.74, 6) is -2.47. The van der Waals surface area contributed by atoms with E-state index in [-0.39, 0.29) is 25.7 Å². The second kappa shape index (κ2) is 5.90. The van der Waals surface area contributed by atoms with Crippen molar-refractivity contribution < 1.29 is 24.7 Å². The van der Waals surface area contributed by atoms with E-state index >= 15 is 0 Å². The number of nitrogens with zero attached hydrogens (tertiary/aromatic N) is 1. The van der Waals surface area contributed by atoms with Gasteiger partial charge in [-0.2, -0.15) is 0 Å². The highest BCUT2D eigenvalue weighted by molar-refractivity contribution is 5.71. The third kappa shape index (κ3) is 5.07. The largest absolute Gasteiger partial charge is 0.481 e. The molecule has 7 heteroatoms. The monoisotopic (exact) mass is 205 g/mol. The summed E-state index contributed by atoms with van der Waals surface area (Å²) in [6, 6.07) is -1.62. The summed E-state index contributed by atoms with van der Waals surface area (Å²) in [6.45, 7) is 0. The third-order valence-corrected chi connectivity index (χ3v) is 1.66. The van der Waals surface area contributed by atoms with Crippen LogP contribution in [0, 0.1) is 10.1 Å². The van der Waals surface area contributed by atoms with Crippen molar-refractivity contribution in [1.82, 2.24) is 0 Å². The van der Waals surface area contributed by atoms with Crippen molar-refractivity contribution in [1.29, 1.82) is 0 Å². The Morgan fingerprint density at radius 3 is 2.21 bits per heavy atom. The first-order valence-corrected chi connectivity index (χ1v) is 4.03. The predicted molar refractivity (Wildman–Crippen MR) is 44.5 cm³/mol. The first kappa shape index (κ1) is 12.3. The zero-order chi connectivity index (χ0) is 11.1. The Hall–Kier alpha value is -1.66. The van der Waals surface area contributed by atoms with Crippen molar-refractivity contribution in [2.24, 2.45) is 0 Å². The van der Waals surface area contributed by atoms with Crippen molar-refractivity contribution in [2.45, 2.75) is 31.7 Å². The van der Waals surface area contributed by atoms with Crippen molar-refractivity contribution in [2.75, 3.05) is 0 Å². The Bertz CT molecular complexity index is 224. The van der Waals surface area contributed by atoms with Gasteiger partial charge in [0, 0.05) is 17.8 Å². The fourth-order valence-corrected chi connectivity index (χ4v) is 0.933. The average Bonchev–Trinajstić information content (AvgIpc) is 2.01. The van der Waals surface area contributed by atoms with Gasteiger partial charge in [0.1, 0.15) is 0 Å². The standard InChI is InChI=1S/C7H11NO6/c9-6(10)4-2-1-3-5(7(11)12)8(13)14/h5H,1-4H2,(H,9,10)(H,11,12). The molecule has 0 aromatic carbocycles. The lowest BCUT2D eigenvalue weighted by Crippen LogP contribution is -2.29. The molecule has 0 radical (unpaired) electrons. The van der Waals surface area contributed by atoms with Crippen LogP contribution in [-0.2, 0) is 9.59 Å². The lowest BCUT2D eigenvalue weighted by Gasteiger charge is -2.02. The van der Waals surface area contributed by atoms with Gasteiger partial charge in [-0.05, 0) is 12.8 Å². The van der Waals surface area contributed by atoms with Gasteiger partial charge in [-0.3, -0.25) is 14.9 Å². The van der Waals surface area contributed by atoms with Gasteiger partial charge in [0.15, 0.2) is 0 Å². The molecule has 0 aliphatic heterocycles. The second-order valence-corrected chi connectivity index (χ2v) is 2.78. The van der Waals surface area contributed by atoms with Crippen molar-refractivity contribution in [3.05, 3.63) is 10.1 Å². The molecule has 0 aliphatic rings. The fourth-order valence-electron chi connectivity index (χ4n) is 0.933. The molecule has 14 heavy (non-hydrogen) atoms. The molecule has 2 N–H and O–H groups in total. The molecule has 0 amide bonds. The number of hydrogen-bond donors (Lipinski definition) is 2. The van der Waals surface area contributed by atoms with E-state index in [1.807, 2.05) is 0 Å². The minimum atomic E-state index is -1.62. The topological polar surface area (TPSA) is 118 Å². The van der Waals surface area contributed by atoms with Gasteiger partial charge in [-0.15, -0.1) is 0 Å². The number of aliphatic carboxylic acids is 2. The fraction of sp³-hybridized carbons (Fsp3) is 0.714. The summed E-state index contributed by atoms with van der Waals surface area (Å²) in [4.78, 5) is 29.7. The van der Waals surface area contributed by atoms with Gasteiger partial charge in [-0.25, -0.2) is 4.79 Å². The van der Waals surface area contributed by atoms with Crippen molar-refractivity contribution >= 4 is 11.9 Å². The minimum absolute atomic E-state index is 0.0932. The Morgan fingerprint density at radius 1 is 1.29 bits per heavy atom. The van der Waals surface area contributed by atoms with Crippen molar-refractivity contribution in [3.8, 4) is 0 Å². The van der Waals surface area contributed by atoms with Crippen LogP contribution in [0.2, 0.25) is 0 Å². The highest BCUT2D eigenvalue weighted by Gasteiger charge is 2.28. The van der Waals surface area contributed by atoms with E-state index in [4.69, 9.17) is 10.2 Å². The van der Waals surface area contributed by atoms with Crippen LogP contribution in [0.4, 0.5) is 0 Å². The number of unbranched alkanes of at least 4 members (excludes halogenated alkanes) is 1. The van der Waals surface area contributed by atoms with E-state index in [9.17, 15) is 19.7 Å². The maximum absolute atomic E-state index is 10.3. The number of hydrogen-bond acceptors (Lipinski definition) is 4. The molecule has 0 spiro atoms. The van der Waals surface area contributed by atoms with Gasteiger partial charge >= 0.3 is 18.0 Å². The predicted octanol–water partition coefficient (Wildman–Crippen LogP) is 0.361. The summed E-state index contributed by atoms with van der Waals surface area (Å²) in [6.07, 6.45) is 0.261. The molecule has 0 aliphatic carbocycles. The molecule has 0 saturated carbocycles. The van der Waals surface area contributed by atoms with Crippen LogP contribution in [0.1, 0.15) is 25.7 Å². The minimum Gasteiger partial charge on any atom is -0.481 e. The van der Waals surface area contributed by atoms with Crippen LogP contribution < -0.4 is 0 Å². The highest BCUT2D eigenvalue weighted by atomic mass is 16.6. The molecule has 1 unspecified atom stereocenters. The van der Waals surface area contributed by atoms with E-state index < -0.39 is 22.9 Å². The third-order valence-electron chi connectivity index (χ3n) is 1.66. The maximum Gasteiger partial charge on any atom is 0.379 e. The van der Waals surface area contributed by atoms with Crippen LogP contribution in [0.5, 0.6) is 0 Å². The number of rotatable bonds is 7. The summed E-state index contributed by atoms with van der Waals surface area (Å²) < 4.78 is 0. The SMILES string of the molecule is O=C(O)CCCCC(C(=O)O)[N+](=O)[O-]. The summed E-state index contributed by atoms with van der Waals surface area (Å²) in [5, 5.41) is 26.8. The summed E-state index contributed by atoms with van der Waals surface area (Å²) >= 11 is 0. The molecular weight excluding hydrogens is 194 g/mol. The van der Waals surface area contributed by atoms with Gasteiger partial charge in [-0.1, -0.05) is 0 Å².